The minimum absolute atomic E-state index is 0.125. The predicted molar refractivity (Wildman–Crippen MR) is 111 cm³/mol. The number of fused-ring (bicyclic) bond motifs is 3. The molecule has 0 aromatic heterocycles. The summed E-state index contributed by atoms with van der Waals surface area (Å²) in [4.78, 5) is 14.2. The van der Waals surface area contributed by atoms with E-state index in [1.165, 1.54) is 38.4 Å². The highest BCUT2D eigenvalue weighted by atomic mass is 32.2. The maximum Gasteiger partial charge on any atom is 0.222 e. The highest BCUT2D eigenvalue weighted by molar-refractivity contribution is 7.88. The average Bonchev–Trinajstić information content (AvgIpc) is 3.05. The quantitative estimate of drug-likeness (QED) is 0.664. The van der Waals surface area contributed by atoms with Gasteiger partial charge in [-0.25, -0.2) is 8.42 Å². The molecule has 148 valence electrons. The van der Waals surface area contributed by atoms with Gasteiger partial charge in [-0.2, -0.15) is 4.31 Å². The number of rotatable bonds is 5. The SMILES string of the molecule is CS(=O)(=O)N1CCN(C(=O)CCCc2ccc3c(c2)-c2ccccc2C3)CC1. The minimum Gasteiger partial charge on any atom is -0.340 e. The van der Waals surface area contributed by atoms with Gasteiger partial charge in [0.2, 0.25) is 15.9 Å². The van der Waals surface area contributed by atoms with Gasteiger partial charge in [0.25, 0.3) is 0 Å². The van der Waals surface area contributed by atoms with Gasteiger partial charge in [-0.15, -0.1) is 0 Å². The first kappa shape index (κ1) is 19.2. The van der Waals surface area contributed by atoms with Crippen molar-refractivity contribution in [2.45, 2.75) is 25.7 Å². The van der Waals surface area contributed by atoms with Crippen LogP contribution in [0.4, 0.5) is 0 Å². The van der Waals surface area contributed by atoms with E-state index in [2.05, 4.69) is 42.5 Å². The van der Waals surface area contributed by atoms with E-state index in [1.807, 2.05) is 0 Å². The van der Waals surface area contributed by atoms with E-state index in [4.69, 9.17) is 0 Å². The van der Waals surface area contributed by atoms with Crippen molar-refractivity contribution >= 4 is 15.9 Å². The molecule has 1 aliphatic heterocycles. The number of sulfonamides is 1. The van der Waals surface area contributed by atoms with E-state index < -0.39 is 10.0 Å². The molecular weight excluding hydrogens is 372 g/mol. The fourth-order valence-corrected chi connectivity index (χ4v) is 5.02. The van der Waals surface area contributed by atoms with Crippen LogP contribution in [-0.4, -0.2) is 56.0 Å². The molecule has 0 unspecified atom stereocenters. The summed E-state index contributed by atoms with van der Waals surface area (Å²) in [7, 11) is -3.16. The number of carbonyl (C=O) groups is 1. The average molecular weight is 399 g/mol. The van der Waals surface area contributed by atoms with Gasteiger partial charge >= 0.3 is 0 Å². The second-order valence-electron chi connectivity index (χ2n) is 7.72. The number of hydrogen-bond acceptors (Lipinski definition) is 3. The standard InChI is InChI=1S/C22H26N2O3S/c1-28(26,27)24-13-11-23(12-14-24)22(25)8-4-5-17-9-10-19-16-18-6-2-3-7-20(18)21(19)15-17/h2-3,6-7,9-10,15H,4-5,8,11-14,16H2,1H3. The molecule has 0 spiro atoms. The molecule has 4 rings (SSSR count). The molecule has 2 aromatic rings. The molecule has 2 aliphatic rings. The zero-order chi connectivity index (χ0) is 19.7. The largest absolute Gasteiger partial charge is 0.340 e. The number of amides is 1. The number of nitrogens with zero attached hydrogens (tertiary/aromatic N) is 2. The summed E-state index contributed by atoms with van der Waals surface area (Å²) in [6.07, 6.45) is 4.42. The van der Waals surface area contributed by atoms with Crippen LogP contribution in [0.15, 0.2) is 42.5 Å². The number of aryl methyl sites for hydroxylation is 1. The third kappa shape index (κ3) is 3.98. The van der Waals surface area contributed by atoms with E-state index in [-0.39, 0.29) is 5.91 Å². The molecule has 1 fully saturated rings. The molecule has 5 nitrogen and oxygen atoms in total. The Morgan fingerprint density at radius 2 is 1.68 bits per heavy atom. The van der Waals surface area contributed by atoms with Gasteiger partial charge in [0.15, 0.2) is 0 Å². The van der Waals surface area contributed by atoms with Crippen LogP contribution in [0.2, 0.25) is 0 Å². The molecule has 6 heteroatoms. The van der Waals surface area contributed by atoms with Crippen LogP contribution in [0.3, 0.4) is 0 Å². The lowest BCUT2D eigenvalue weighted by molar-refractivity contribution is -0.132. The first-order valence-corrected chi connectivity index (χ1v) is 11.7. The van der Waals surface area contributed by atoms with Gasteiger partial charge in [-0.1, -0.05) is 42.5 Å². The van der Waals surface area contributed by atoms with E-state index in [0.717, 1.165) is 19.3 Å². The van der Waals surface area contributed by atoms with Gasteiger partial charge in [-0.05, 0) is 47.1 Å². The van der Waals surface area contributed by atoms with Crippen molar-refractivity contribution in [3.63, 3.8) is 0 Å². The van der Waals surface area contributed by atoms with Crippen LogP contribution < -0.4 is 0 Å². The van der Waals surface area contributed by atoms with Crippen molar-refractivity contribution in [3.05, 3.63) is 59.2 Å². The van der Waals surface area contributed by atoms with E-state index in [0.29, 0.717) is 32.6 Å². The van der Waals surface area contributed by atoms with Gasteiger partial charge in [0.05, 0.1) is 6.26 Å². The number of piperazine rings is 1. The van der Waals surface area contributed by atoms with Crippen LogP contribution in [-0.2, 0) is 27.7 Å². The van der Waals surface area contributed by atoms with Crippen LogP contribution in [0.25, 0.3) is 11.1 Å². The summed E-state index contributed by atoms with van der Waals surface area (Å²) in [6, 6.07) is 15.2. The number of carbonyl (C=O) groups excluding carboxylic acids is 1. The highest BCUT2D eigenvalue weighted by Gasteiger charge is 2.25. The number of hydrogen-bond donors (Lipinski definition) is 0. The Labute approximate surface area is 167 Å². The summed E-state index contributed by atoms with van der Waals surface area (Å²) < 4.78 is 24.6. The van der Waals surface area contributed by atoms with Crippen LogP contribution >= 0.6 is 0 Å². The normalized spacial score (nSPS) is 16.7. The summed E-state index contributed by atoms with van der Waals surface area (Å²) in [5, 5.41) is 0. The van der Waals surface area contributed by atoms with E-state index in [9.17, 15) is 13.2 Å². The fourth-order valence-electron chi connectivity index (χ4n) is 4.20. The van der Waals surface area contributed by atoms with Crippen molar-refractivity contribution in [2.75, 3.05) is 32.4 Å². The molecule has 1 aliphatic carbocycles. The molecule has 2 aromatic carbocycles. The second kappa shape index (κ2) is 7.68. The molecule has 1 heterocycles. The predicted octanol–water partition coefficient (Wildman–Crippen LogP) is 2.68. The van der Waals surface area contributed by atoms with Crippen molar-refractivity contribution in [1.82, 2.24) is 9.21 Å². The van der Waals surface area contributed by atoms with Gasteiger partial charge in [-0.3, -0.25) is 4.79 Å². The molecule has 0 atom stereocenters. The monoisotopic (exact) mass is 398 g/mol. The summed E-state index contributed by atoms with van der Waals surface area (Å²) in [5.74, 6) is 0.125. The number of benzene rings is 2. The lowest BCUT2D eigenvalue weighted by Crippen LogP contribution is -2.50. The molecule has 1 amide bonds. The Morgan fingerprint density at radius 1 is 0.964 bits per heavy atom. The molecular formula is C22H26N2O3S. The molecule has 0 bridgehead atoms. The van der Waals surface area contributed by atoms with Gasteiger partial charge in [0, 0.05) is 32.6 Å². The van der Waals surface area contributed by atoms with Crippen molar-refractivity contribution < 1.29 is 13.2 Å². The Bertz CT molecular complexity index is 993. The van der Waals surface area contributed by atoms with Gasteiger partial charge < -0.3 is 4.90 Å². The lowest BCUT2D eigenvalue weighted by atomic mass is 10.00. The summed E-state index contributed by atoms with van der Waals surface area (Å²) >= 11 is 0. The Kier molecular flexibility index (Phi) is 5.25. The first-order chi connectivity index (χ1) is 13.4. The maximum absolute atomic E-state index is 12.5. The summed E-state index contributed by atoms with van der Waals surface area (Å²) in [5.41, 5.74) is 6.70. The smallest absolute Gasteiger partial charge is 0.222 e. The Balaban J connectivity index is 1.30. The van der Waals surface area contributed by atoms with Crippen LogP contribution in [0.1, 0.15) is 29.5 Å². The Hall–Kier alpha value is -2.18. The summed E-state index contributed by atoms with van der Waals surface area (Å²) in [6.45, 7) is 1.77. The fraction of sp³-hybridized carbons (Fsp3) is 0.409. The zero-order valence-corrected chi connectivity index (χ0v) is 17.0. The highest BCUT2D eigenvalue weighted by Crippen LogP contribution is 2.37. The Morgan fingerprint density at radius 3 is 2.43 bits per heavy atom. The molecule has 0 N–H and O–H groups in total. The molecule has 0 saturated carbocycles. The third-order valence-corrected chi connectivity index (χ3v) is 7.08. The topological polar surface area (TPSA) is 57.7 Å². The molecule has 1 saturated heterocycles. The van der Waals surface area contributed by atoms with Crippen molar-refractivity contribution in [2.24, 2.45) is 0 Å². The van der Waals surface area contributed by atoms with Crippen LogP contribution in [0, 0.1) is 0 Å². The van der Waals surface area contributed by atoms with Crippen molar-refractivity contribution in [3.8, 4) is 11.1 Å². The van der Waals surface area contributed by atoms with E-state index in [1.54, 1.807) is 4.90 Å². The molecule has 28 heavy (non-hydrogen) atoms. The molecule has 0 radical (unpaired) electrons. The lowest BCUT2D eigenvalue weighted by Gasteiger charge is -2.33. The zero-order valence-electron chi connectivity index (χ0n) is 16.2. The van der Waals surface area contributed by atoms with Crippen LogP contribution in [0.5, 0.6) is 0 Å². The van der Waals surface area contributed by atoms with E-state index >= 15 is 0 Å². The van der Waals surface area contributed by atoms with Crippen molar-refractivity contribution in [1.29, 1.82) is 0 Å². The third-order valence-electron chi connectivity index (χ3n) is 5.78. The first-order valence-electron chi connectivity index (χ1n) is 9.85. The minimum atomic E-state index is -3.16. The second-order valence-corrected chi connectivity index (χ2v) is 9.70. The maximum atomic E-state index is 12.5. The van der Waals surface area contributed by atoms with Gasteiger partial charge in [0.1, 0.15) is 0 Å².